The zero-order chi connectivity index (χ0) is 45.0. The average molecular weight is 868 g/mol. The molecule has 0 amide bonds. The zero-order valence-electron chi connectivity index (χ0n) is 36.9. The number of para-hydroxylation sites is 2. The summed E-state index contributed by atoms with van der Waals surface area (Å²) in [6.45, 7) is 0. The summed E-state index contributed by atoms with van der Waals surface area (Å²) >= 11 is 0. The molecule has 13 aromatic rings. The Hall–Kier alpha value is -9.19. The van der Waals surface area contributed by atoms with E-state index in [0.717, 1.165) is 83.0 Å². The van der Waals surface area contributed by atoms with Crippen molar-refractivity contribution >= 4 is 43.6 Å². The minimum absolute atomic E-state index is 0.549. The molecule has 0 bridgehead atoms. The highest BCUT2D eigenvalue weighted by molar-refractivity contribution is 6.26. The van der Waals surface area contributed by atoms with Crippen LogP contribution in [0.2, 0.25) is 0 Å². The van der Waals surface area contributed by atoms with Gasteiger partial charge in [0.2, 0.25) is 5.95 Å². The molecular formula is C63H41N5. The van der Waals surface area contributed by atoms with Crippen molar-refractivity contribution in [2.45, 2.75) is 0 Å². The van der Waals surface area contributed by atoms with Crippen molar-refractivity contribution in [2.75, 3.05) is 0 Å². The van der Waals surface area contributed by atoms with Crippen molar-refractivity contribution in [1.29, 1.82) is 0 Å². The molecule has 0 saturated carbocycles. The number of nitrogens with zero attached hydrogens (tertiary/aromatic N) is 5. The van der Waals surface area contributed by atoms with Gasteiger partial charge in [-0.2, -0.15) is 9.97 Å². The van der Waals surface area contributed by atoms with Crippen molar-refractivity contribution in [1.82, 2.24) is 24.1 Å². The van der Waals surface area contributed by atoms with E-state index in [1.807, 2.05) is 12.1 Å². The molecule has 318 valence electrons. The van der Waals surface area contributed by atoms with E-state index >= 15 is 0 Å². The lowest BCUT2D eigenvalue weighted by Crippen LogP contribution is -2.06. The van der Waals surface area contributed by atoms with Crippen LogP contribution < -0.4 is 0 Å². The number of hydrogen-bond donors (Lipinski definition) is 0. The van der Waals surface area contributed by atoms with E-state index in [4.69, 9.17) is 15.0 Å². The Balaban J connectivity index is 1.08. The number of aromatic nitrogens is 5. The molecule has 3 aromatic heterocycles. The van der Waals surface area contributed by atoms with Gasteiger partial charge < -0.3 is 4.57 Å². The van der Waals surface area contributed by atoms with Gasteiger partial charge in [0.15, 0.2) is 11.6 Å². The summed E-state index contributed by atoms with van der Waals surface area (Å²) in [6.07, 6.45) is 0. The van der Waals surface area contributed by atoms with Crippen molar-refractivity contribution in [3.05, 3.63) is 249 Å². The molecule has 0 aliphatic heterocycles. The monoisotopic (exact) mass is 867 g/mol. The van der Waals surface area contributed by atoms with E-state index in [9.17, 15) is 0 Å². The Morgan fingerprint density at radius 2 is 0.735 bits per heavy atom. The van der Waals surface area contributed by atoms with Gasteiger partial charge in [0.25, 0.3) is 0 Å². The van der Waals surface area contributed by atoms with Gasteiger partial charge in [-0.3, -0.25) is 4.57 Å². The third kappa shape index (κ3) is 6.68. The SMILES string of the molecule is c1ccc(-c2ccc(-c3nc(-c4cccc(-c5ccccc5)c4)nc(-n4c5ccccc5c5c4ccc4c6ccccc6n(-c6ccc(-c7ccccc7)cc6-c6ccccc6)c45)n3)cc2)cc1. The molecule has 13 rings (SSSR count). The van der Waals surface area contributed by atoms with Gasteiger partial charge >= 0.3 is 0 Å². The summed E-state index contributed by atoms with van der Waals surface area (Å²) in [7, 11) is 0. The van der Waals surface area contributed by atoms with Gasteiger partial charge in [0, 0.05) is 38.2 Å². The van der Waals surface area contributed by atoms with Crippen LogP contribution >= 0.6 is 0 Å². The maximum atomic E-state index is 5.40. The van der Waals surface area contributed by atoms with E-state index in [0.29, 0.717) is 17.6 Å². The Kier molecular flexibility index (Phi) is 9.43. The second kappa shape index (κ2) is 16.4. The third-order valence-electron chi connectivity index (χ3n) is 13.2. The zero-order valence-corrected chi connectivity index (χ0v) is 36.9. The number of hydrogen-bond acceptors (Lipinski definition) is 3. The van der Waals surface area contributed by atoms with E-state index in [-0.39, 0.29) is 0 Å². The van der Waals surface area contributed by atoms with E-state index in [2.05, 4.69) is 246 Å². The summed E-state index contributed by atoms with van der Waals surface area (Å²) in [6, 6.07) is 88.2. The largest absolute Gasteiger partial charge is 0.308 e. The first-order valence-electron chi connectivity index (χ1n) is 23.0. The Morgan fingerprint density at radius 3 is 1.40 bits per heavy atom. The molecule has 0 radical (unpaired) electrons. The predicted molar refractivity (Wildman–Crippen MR) is 281 cm³/mol. The Labute approximate surface area is 393 Å². The van der Waals surface area contributed by atoms with Crippen LogP contribution in [0.5, 0.6) is 0 Å². The first-order valence-corrected chi connectivity index (χ1v) is 23.0. The van der Waals surface area contributed by atoms with E-state index < -0.39 is 0 Å². The smallest absolute Gasteiger partial charge is 0.238 e. The summed E-state index contributed by atoms with van der Waals surface area (Å²) in [5.74, 6) is 1.75. The standard InChI is InChI=1S/C63H41N5/c1-5-18-42(19-6-1)45-32-34-47(35-33-45)61-64-62(50-27-17-26-48(40-50)43-20-7-2-8-21-43)66-63(65-61)68-56-31-16-14-29-53(56)59-58(68)39-37-52-51-28-13-15-30-55(51)67(60(52)59)57-38-36-49(44-22-9-3-10-23-44)41-54(57)46-24-11-4-12-25-46/h1-41H. The Bertz CT molecular complexity index is 3990. The summed E-state index contributed by atoms with van der Waals surface area (Å²) in [4.78, 5) is 16.0. The molecule has 5 nitrogen and oxygen atoms in total. The van der Waals surface area contributed by atoms with E-state index in [1.165, 1.54) is 21.9 Å². The molecule has 0 saturated heterocycles. The minimum Gasteiger partial charge on any atom is -0.308 e. The molecular weight excluding hydrogens is 827 g/mol. The molecule has 0 unspecified atom stereocenters. The summed E-state index contributed by atoms with van der Waals surface area (Å²) in [5, 5.41) is 4.60. The average Bonchev–Trinajstić information content (AvgIpc) is 3.95. The molecule has 0 atom stereocenters. The van der Waals surface area contributed by atoms with Crippen LogP contribution in [-0.2, 0) is 0 Å². The van der Waals surface area contributed by atoms with Crippen LogP contribution in [0.1, 0.15) is 0 Å². The predicted octanol–water partition coefficient (Wildman–Crippen LogP) is 16.1. The molecule has 0 N–H and O–H groups in total. The van der Waals surface area contributed by atoms with Gasteiger partial charge in [-0.1, -0.05) is 212 Å². The van der Waals surface area contributed by atoms with Crippen molar-refractivity contribution in [3.8, 4) is 78.9 Å². The van der Waals surface area contributed by atoms with Crippen molar-refractivity contribution in [3.63, 3.8) is 0 Å². The first-order chi connectivity index (χ1) is 33.7. The maximum absolute atomic E-state index is 5.40. The molecule has 0 aliphatic rings. The van der Waals surface area contributed by atoms with Gasteiger partial charge in [-0.25, -0.2) is 4.98 Å². The van der Waals surface area contributed by atoms with Crippen molar-refractivity contribution in [2.24, 2.45) is 0 Å². The van der Waals surface area contributed by atoms with Crippen LogP contribution in [0.3, 0.4) is 0 Å². The highest BCUT2D eigenvalue weighted by Crippen LogP contribution is 2.44. The maximum Gasteiger partial charge on any atom is 0.238 e. The number of benzene rings is 10. The van der Waals surface area contributed by atoms with Crippen LogP contribution in [-0.4, -0.2) is 24.1 Å². The second-order valence-electron chi connectivity index (χ2n) is 17.2. The van der Waals surface area contributed by atoms with Gasteiger partial charge in [0.05, 0.1) is 27.8 Å². The highest BCUT2D eigenvalue weighted by Gasteiger charge is 2.24. The normalized spacial score (nSPS) is 11.5. The fraction of sp³-hybridized carbons (Fsp3) is 0. The molecule has 5 heteroatoms. The summed E-state index contributed by atoms with van der Waals surface area (Å²) in [5.41, 5.74) is 16.4. The number of rotatable bonds is 8. The first kappa shape index (κ1) is 39.2. The fourth-order valence-electron chi connectivity index (χ4n) is 10.00. The third-order valence-corrected chi connectivity index (χ3v) is 13.2. The van der Waals surface area contributed by atoms with Crippen LogP contribution in [0.25, 0.3) is 123 Å². The topological polar surface area (TPSA) is 48.5 Å². The quantitative estimate of drug-likeness (QED) is 0.153. The lowest BCUT2D eigenvalue weighted by molar-refractivity contribution is 0.953. The van der Waals surface area contributed by atoms with E-state index in [1.54, 1.807) is 0 Å². The lowest BCUT2D eigenvalue weighted by Gasteiger charge is -2.17. The van der Waals surface area contributed by atoms with Crippen LogP contribution in [0.4, 0.5) is 0 Å². The highest BCUT2D eigenvalue weighted by atomic mass is 15.2. The molecule has 10 aromatic carbocycles. The van der Waals surface area contributed by atoms with Gasteiger partial charge in [-0.15, -0.1) is 0 Å². The molecule has 0 aliphatic carbocycles. The Morgan fingerprint density at radius 1 is 0.265 bits per heavy atom. The molecule has 0 fully saturated rings. The van der Waals surface area contributed by atoms with Crippen LogP contribution in [0, 0.1) is 0 Å². The van der Waals surface area contributed by atoms with Gasteiger partial charge in [-0.05, 0) is 75.3 Å². The lowest BCUT2D eigenvalue weighted by atomic mass is 9.97. The summed E-state index contributed by atoms with van der Waals surface area (Å²) < 4.78 is 4.71. The number of fused-ring (bicyclic) bond motifs is 7. The van der Waals surface area contributed by atoms with Crippen LogP contribution in [0.15, 0.2) is 249 Å². The minimum atomic E-state index is 0.549. The molecule has 3 heterocycles. The van der Waals surface area contributed by atoms with Gasteiger partial charge in [0.1, 0.15) is 0 Å². The fourth-order valence-corrected chi connectivity index (χ4v) is 10.00. The molecule has 0 spiro atoms. The second-order valence-corrected chi connectivity index (χ2v) is 17.2. The molecule has 68 heavy (non-hydrogen) atoms. The van der Waals surface area contributed by atoms with Crippen molar-refractivity contribution < 1.29 is 0 Å².